The summed E-state index contributed by atoms with van der Waals surface area (Å²) in [5, 5.41) is 0. The van der Waals surface area contributed by atoms with Crippen molar-refractivity contribution in [3.8, 4) is 0 Å². The van der Waals surface area contributed by atoms with Crippen LogP contribution in [0.25, 0.3) is 0 Å². The van der Waals surface area contributed by atoms with Crippen LogP contribution in [0.3, 0.4) is 0 Å². The second-order valence-electron chi connectivity index (χ2n) is 3.92. The maximum absolute atomic E-state index is 5.67. The van der Waals surface area contributed by atoms with Crippen LogP contribution >= 0.6 is 11.6 Å². The molecule has 1 aliphatic rings. The predicted octanol–water partition coefficient (Wildman–Crippen LogP) is 2.03. The summed E-state index contributed by atoms with van der Waals surface area (Å²) in [6.45, 7) is 5.72. The first-order chi connectivity index (χ1) is 7.19. The second kappa shape index (κ2) is 4.41. The first-order valence-electron chi connectivity index (χ1n) is 5.10. The number of oxazole rings is 1. The lowest BCUT2D eigenvalue weighted by Crippen LogP contribution is -2.45. The van der Waals surface area contributed by atoms with E-state index in [2.05, 4.69) is 9.88 Å². The molecule has 4 nitrogen and oxygen atoms in total. The smallest absolute Gasteiger partial charge is 0.297 e. The minimum absolute atomic E-state index is 0.208. The topological polar surface area (TPSA) is 38.5 Å². The Kier molecular flexibility index (Phi) is 3.17. The van der Waals surface area contributed by atoms with Gasteiger partial charge in [0.2, 0.25) is 0 Å². The predicted molar refractivity (Wildman–Crippen MR) is 58.3 cm³/mol. The Labute approximate surface area is 94.2 Å². The molecule has 0 bridgehead atoms. The molecule has 0 aliphatic carbocycles. The molecule has 1 aromatic rings. The minimum atomic E-state index is 0.208. The lowest BCUT2D eigenvalue weighted by molar-refractivity contribution is -0.00670. The third-order valence-corrected chi connectivity index (χ3v) is 2.64. The van der Waals surface area contributed by atoms with Crippen molar-refractivity contribution in [3.05, 3.63) is 12.0 Å². The van der Waals surface area contributed by atoms with Crippen LogP contribution in [0.5, 0.6) is 0 Å². The van der Waals surface area contributed by atoms with Gasteiger partial charge in [0.15, 0.2) is 0 Å². The first kappa shape index (κ1) is 10.8. The number of ether oxygens (including phenoxy) is 1. The fourth-order valence-electron chi connectivity index (χ4n) is 1.84. The molecule has 1 aromatic heterocycles. The van der Waals surface area contributed by atoms with E-state index in [1.54, 1.807) is 6.26 Å². The van der Waals surface area contributed by atoms with Crippen molar-refractivity contribution < 1.29 is 9.15 Å². The highest BCUT2D eigenvalue weighted by molar-refractivity contribution is 6.16. The number of rotatable bonds is 2. The average Bonchev–Trinajstić information content (AvgIpc) is 2.64. The van der Waals surface area contributed by atoms with Crippen LogP contribution in [0.15, 0.2) is 10.7 Å². The molecular weight excluding hydrogens is 216 g/mol. The van der Waals surface area contributed by atoms with Gasteiger partial charge in [-0.25, -0.2) is 0 Å². The monoisotopic (exact) mass is 230 g/mol. The van der Waals surface area contributed by atoms with Crippen molar-refractivity contribution in [1.29, 1.82) is 0 Å². The van der Waals surface area contributed by atoms with E-state index in [-0.39, 0.29) is 12.2 Å². The fourth-order valence-corrected chi connectivity index (χ4v) is 1.96. The molecule has 15 heavy (non-hydrogen) atoms. The van der Waals surface area contributed by atoms with E-state index in [0.29, 0.717) is 11.9 Å². The third kappa shape index (κ3) is 2.44. The van der Waals surface area contributed by atoms with Gasteiger partial charge in [0.05, 0.1) is 23.8 Å². The molecule has 0 aromatic carbocycles. The van der Waals surface area contributed by atoms with Gasteiger partial charge in [-0.3, -0.25) is 0 Å². The molecule has 0 amide bonds. The highest BCUT2D eigenvalue weighted by Crippen LogP contribution is 2.20. The molecule has 2 heterocycles. The van der Waals surface area contributed by atoms with E-state index in [9.17, 15) is 0 Å². The number of halogens is 1. The zero-order chi connectivity index (χ0) is 10.8. The van der Waals surface area contributed by atoms with E-state index in [1.165, 1.54) is 0 Å². The summed E-state index contributed by atoms with van der Waals surface area (Å²) in [7, 11) is 0. The van der Waals surface area contributed by atoms with Crippen molar-refractivity contribution in [3.63, 3.8) is 0 Å². The summed E-state index contributed by atoms with van der Waals surface area (Å²) in [5.74, 6) is 0.388. The highest BCUT2D eigenvalue weighted by atomic mass is 35.5. The maximum Gasteiger partial charge on any atom is 0.297 e. The Morgan fingerprint density at radius 1 is 1.47 bits per heavy atom. The molecule has 2 unspecified atom stereocenters. The van der Waals surface area contributed by atoms with Crippen molar-refractivity contribution in [2.24, 2.45) is 0 Å². The molecule has 0 N–H and O–H groups in total. The summed E-state index contributed by atoms with van der Waals surface area (Å²) < 4.78 is 11.0. The van der Waals surface area contributed by atoms with Crippen molar-refractivity contribution in [2.75, 3.05) is 18.0 Å². The van der Waals surface area contributed by atoms with Gasteiger partial charge in [-0.05, 0) is 13.8 Å². The molecule has 1 fully saturated rings. The SMILES string of the molecule is CC1CN(c2nc(CCl)co2)CC(C)O1. The third-order valence-electron chi connectivity index (χ3n) is 2.37. The lowest BCUT2D eigenvalue weighted by Gasteiger charge is -2.34. The Morgan fingerprint density at radius 3 is 2.67 bits per heavy atom. The molecule has 2 rings (SSSR count). The van der Waals surface area contributed by atoms with Gasteiger partial charge in [0, 0.05) is 13.1 Å². The van der Waals surface area contributed by atoms with Crippen molar-refractivity contribution in [1.82, 2.24) is 4.98 Å². The summed E-state index contributed by atoms with van der Waals surface area (Å²) in [4.78, 5) is 6.39. The molecule has 5 heteroatoms. The molecule has 0 saturated carbocycles. The summed E-state index contributed by atoms with van der Waals surface area (Å²) in [5.41, 5.74) is 0.776. The van der Waals surface area contributed by atoms with Gasteiger partial charge in [-0.1, -0.05) is 0 Å². The first-order valence-corrected chi connectivity index (χ1v) is 5.63. The van der Waals surface area contributed by atoms with Crippen molar-refractivity contribution in [2.45, 2.75) is 31.9 Å². The Balaban J connectivity index is 2.09. The van der Waals surface area contributed by atoms with E-state index in [0.717, 1.165) is 18.8 Å². The van der Waals surface area contributed by atoms with Crippen molar-refractivity contribution >= 4 is 17.6 Å². The number of nitrogens with zero attached hydrogens (tertiary/aromatic N) is 2. The number of hydrogen-bond acceptors (Lipinski definition) is 4. The van der Waals surface area contributed by atoms with Crippen LogP contribution < -0.4 is 4.90 Å². The van der Waals surface area contributed by atoms with E-state index >= 15 is 0 Å². The van der Waals surface area contributed by atoms with Crippen LogP contribution in [0.4, 0.5) is 6.01 Å². The zero-order valence-electron chi connectivity index (χ0n) is 8.94. The summed E-state index contributed by atoms with van der Waals surface area (Å²) >= 11 is 5.67. The van der Waals surface area contributed by atoms with Gasteiger partial charge in [-0.2, -0.15) is 4.98 Å². The minimum Gasteiger partial charge on any atom is -0.432 e. The Bertz CT molecular complexity index is 319. The normalized spacial score (nSPS) is 27.0. The molecule has 0 spiro atoms. The van der Waals surface area contributed by atoms with Gasteiger partial charge < -0.3 is 14.1 Å². The number of morpholine rings is 1. The number of anilines is 1. The Morgan fingerprint density at radius 2 is 2.13 bits per heavy atom. The van der Waals surface area contributed by atoms with Crippen LogP contribution in [0.1, 0.15) is 19.5 Å². The average molecular weight is 231 g/mol. The van der Waals surface area contributed by atoms with E-state index in [1.807, 2.05) is 13.8 Å². The molecule has 1 aliphatic heterocycles. The zero-order valence-corrected chi connectivity index (χ0v) is 9.70. The van der Waals surface area contributed by atoms with Gasteiger partial charge >= 0.3 is 0 Å². The molecule has 2 atom stereocenters. The van der Waals surface area contributed by atoms with E-state index in [4.69, 9.17) is 20.8 Å². The fraction of sp³-hybridized carbons (Fsp3) is 0.700. The van der Waals surface area contributed by atoms with Crippen LogP contribution in [0.2, 0.25) is 0 Å². The molecular formula is C10H15ClN2O2. The Hall–Kier alpha value is -0.740. The quantitative estimate of drug-likeness (QED) is 0.729. The maximum atomic E-state index is 5.67. The lowest BCUT2D eigenvalue weighted by atomic mass is 10.2. The number of aromatic nitrogens is 1. The van der Waals surface area contributed by atoms with Crippen LogP contribution in [0, 0.1) is 0 Å². The second-order valence-corrected chi connectivity index (χ2v) is 4.18. The number of alkyl halides is 1. The van der Waals surface area contributed by atoms with Gasteiger partial charge in [0.1, 0.15) is 6.26 Å². The number of hydrogen-bond donors (Lipinski definition) is 0. The standard InChI is InChI=1S/C10H15ClN2O2/c1-7-4-13(5-8(2)15-7)10-12-9(3-11)6-14-10/h6-8H,3-5H2,1-2H3. The van der Waals surface area contributed by atoms with E-state index < -0.39 is 0 Å². The molecule has 84 valence electrons. The van der Waals surface area contributed by atoms with Gasteiger partial charge in [-0.15, -0.1) is 11.6 Å². The highest BCUT2D eigenvalue weighted by Gasteiger charge is 2.25. The van der Waals surface area contributed by atoms with Gasteiger partial charge in [0.25, 0.3) is 6.01 Å². The summed E-state index contributed by atoms with van der Waals surface area (Å²) in [6, 6.07) is 0.646. The molecule has 1 saturated heterocycles. The molecule has 0 radical (unpaired) electrons. The largest absolute Gasteiger partial charge is 0.432 e. The van der Waals surface area contributed by atoms with Crippen LogP contribution in [-0.2, 0) is 10.6 Å². The van der Waals surface area contributed by atoms with Crippen LogP contribution in [-0.4, -0.2) is 30.3 Å². The summed E-state index contributed by atoms with van der Waals surface area (Å²) in [6.07, 6.45) is 2.02.